The highest BCUT2D eigenvalue weighted by atomic mass is 32.1. The lowest BCUT2D eigenvalue weighted by Crippen LogP contribution is -2.25. The minimum Gasteiger partial charge on any atom is -0.351 e. The zero-order valence-corrected chi connectivity index (χ0v) is 7.42. The third kappa shape index (κ3) is 2.54. The van der Waals surface area contributed by atoms with Gasteiger partial charge < -0.3 is 5.32 Å². The van der Waals surface area contributed by atoms with Gasteiger partial charge in [0, 0.05) is 24.7 Å². The normalized spacial score (nSPS) is 9.42. The molecule has 1 rings (SSSR count). The molecule has 64 valence electrons. The molecule has 0 aliphatic carbocycles. The van der Waals surface area contributed by atoms with Crippen molar-refractivity contribution in [2.24, 2.45) is 0 Å². The van der Waals surface area contributed by atoms with E-state index >= 15 is 0 Å². The molecule has 1 aromatic heterocycles. The number of hydrogen-bond acceptors (Lipinski definition) is 3. The zero-order valence-electron chi connectivity index (χ0n) is 6.53. The summed E-state index contributed by atoms with van der Waals surface area (Å²) in [5, 5.41) is 2.69. The van der Waals surface area contributed by atoms with Crippen LogP contribution in [0, 0.1) is 0 Å². The fourth-order valence-corrected chi connectivity index (χ4v) is 0.880. The summed E-state index contributed by atoms with van der Waals surface area (Å²) in [5.41, 5.74) is 0.583. The maximum atomic E-state index is 11.2. The first-order chi connectivity index (χ1) is 5.84. The second kappa shape index (κ2) is 4.77. The molecule has 4 heteroatoms. The number of nitrogens with zero attached hydrogens (tertiary/aromatic N) is 1. The van der Waals surface area contributed by atoms with Crippen LogP contribution >= 0.6 is 12.6 Å². The van der Waals surface area contributed by atoms with E-state index in [1.165, 1.54) is 6.20 Å². The molecule has 0 fully saturated rings. The molecule has 1 amide bonds. The van der Waals surface area contributed by atoms with Gasteiger partial charge in [0.05, 0.1) is 5.56 Å². The van der Waals surface area contributed by atoms with Crippen molar-refractivity contribution in [2.45, 2.75) is 0 Å². The van der Waals surface area contributed by atoms with Crippen LogP contribution in [0.2, 0.25) is 0 Å². The molecule has 12 heavy (non-hydrogen) atoms. The Morgan fingerprint density at radius 1 is 1.67 bits per heavy atom. The van der Waals surface area contributed by atoms with E-state index in [2.05, 4.69) is 22.9 Å². The molecule has 0 radical (unpaired) electrons. The van der Waals surface area contributed by atoms with Crippen molar-refractivity contribution >= 4 is 18.5 Å². The summed E-state index contributed by atoms with van der Waals surface area (Å²) in [4.78, 5) is 15.1. The van der Waals surface area contributed by atoms with Crippen LogP contribution in [-0.4, -0.2) is 23.2 Å². The molecule has 0 saturated heterocycles. The SMILES string of the molecule is O=C(NCCS)c1cccnc1. The molecule has 0 aliphatic rings. The lowest BCUT2D eigenvalue weighted by atomic mass is 10.3. The fraction of sp³-hybridized carbons (Fsp3) is 0.250. The van der Waals surface area contributed by atoms with Gasteiger partial charge in [-0.25, -0.2) is 0 Å². The minimum atomic E-state index is -0.0999. The number of hydrogen-bond donors (Lipinski definition) is 2. The average molecular weight is 182 g/mol. The van der Waals surface area contributed by atoms with Crippen molar-refractivity contribution in [3.05, 3.63) is 30.1 Å². The summed E-state index contributed by atoms with van der Waals surface area (Å²) in [6, 6.07) is 3.45. The number of rotatable bonds is 3. The largest absolute Gasteiger partial charge is 0.351 e. The van der Waals surface area contributed by atoms with Gasteiger partial charge in [0.15, 0.2) is 0 Å². The first-order valence-electron chi connectivity index (χ1n) is 3.63. The molecular weight excluding hydrogens is 172 g/mol. The van der Waals surface area contributed by atoms with Gasteiger partial charge in [0.1, 0.15) is 0 Å². The fourth-order valence-electron chi connectivity index (χ4n) is 0.769. The molecule has 1 heterocycles. The van der Waals surface area contributed by atoms with Gasteiger partial charge in [-0.15, -0.1) is 0 Å². The highest BCUT2D eigenvalue weighted by molar-refractivity contribution is 7.80. The van der Waals surface area contributed by atoms with Crippen molar-refractivity contribution in [3.8, 4) is 0 Å². The number of carbonyl (C=O) groups excluding carboxylic acids is 1. The van der Waals surface area contributed by atoms with Crippen LogP contribution in [0.25, 0.3) is 0 Å². The summed E-state index contributed by atoms with van der Waals surface area (Å²) in [5.74, 6) is 0.545. The van der Waals surface area contributed by atoms with Crippen molar-refractivity contribution in [1.82, 2.24) is 10.3 Å². The van der Waals surface area contributed by atoms with Crippen LogP contribution < -0.4 is 5.32 Å². The Hall–Kier alpha value is -1.03. The first-order valence-corrected chi connectivity index (χ1v) is 4.27. The Morgan fingerprint density at radius 2 is 2.50 bits per heavy atom. The maximum Gasteiger partial charge on any atom is 0.252 e. The van der Waals surface area contributed by atoms with Crippen LogP contribution in [0.4, 0.5) is 0 Å². The third-order valence-corrected chi connectivity index (χ3v) is 1.54. The second-order valence-corrected chi connectivity index (χ2v) is 2.67. The summed E-state index contributed by atoms with van der Waals surface area (Å²) in [6.07, 6.45) is 3.17. The molecule has 3 nitrogen and oxygen atoms in total. The standard InChI is InChI=1S/C8H10N2OS/c11-8(10-4-5-12)7-2-1-3-9-6-7/h1-3,6,12H,4-5H2,(H,10,11). The number of thiol groups is 1. The Bertz CT molecular complexity index is 250. The summed E-state index contributed by atoms with van der Waals surface area (Å²) >= 11 is 3.98. The number of pyridine rings is 1. The highest BCUT2D eigenvalue weighted by Crippen LogP contribution is 1.94. The number of amides is 1. The molecule has 1 N–H and O–H groups in total. The number of nitrogens with one attached hydrogen (secondary N) is 1. The van der Waals surface area contributed by atoms with E-state index in [0.717, 1.165) is 0 Å². The van der Waals surface area contributed by atoms with Crippen molar-refractivity contribution in [3.63, 3.8) is 0 Å². The van der Waals surface area contributed by atoms with Gasteiger partial charge in [-0.3, -0.25) is 9.78 Å². The monoisotopic (exact) mass is 182 g/mol. The lowest BCUT2D eigenvalue weighted by Gasteiger charge is -2.01. The molecule has 0 bridgehead atoms. The Morgan fingerprint density at radius 3 is 3.08 bits per heavy atom. The van der Waals surface area contributed by atoms with E-state index in [0.29, 0.717) is 17.9 Å². The number of aromatic nitrogens is 1. The van der Waals surface area contributed by atoms with Crippen molar-refractivity contribution in [2.75, 3.05) is 12.3 Å². The Kier molecular flexibility index (Phi) is 3.60. The summed E-state index contributed by atoms with van der Waals surface area (Å²) in [6.45, 7) is 0.580. The maximum absolute atomic E-state index is 11.2. The molecule has 0 saturated carbocycles. The Balaban J connectivity index is 2.54. The summed E-state index contributed by atoms with van der Waals surface area (Å²) < 4.78 is 0. The van der Waals surface area contributed by atoms with Crippen molar-refractivity contribution in [1.29, 1.82) is 0 Å². The molecular formula is C8H10N2OS. The lowest BCUT2D eigenvalue weighted by molar-refractivity contribution is 0.0956. The van der Waals surface area contributed by atoms with E-state index in [-0.39, 0.29) is 5.91 Å². The highest BCUT2D eigenvalue weighted by Gasteiger charge is 2.01. The molecule has 0 unspecified atom stereocenters. The van der Waals surface area contributed by atoms with Crippen molar-refractivity contribution < 1.29 is 4.79 Å². The number of carbonyl (C=O) groups is 1. The minimum absolute atomic E-state index is 0.0999. The molecule has 0 aromatic carbocycles. The molecule has 0 atom stereocenters. The zero-order chi connectivity index (χ0) is 8.81. The van der Waals surface area contributed by atoms with Gasteiger partial charge >= 0.3 is 0 Å². The van der Waals surface area contributed by atoms with Gasteiger partial charge in [0.25, 0.3) is 5.91 Å². The first kappa shape index (κ1) is 9.06. The third-order valence-electron chi connectivity index (χ3n) is 1.32. The molecule has 1 aromatic rings. The predicted molar refractivity (Wildman–Crippen MR) is 50.4 cm³/mol. The van der Waals surface area contributed by atoms with E-state index in [1.807, 2.05) is 0 Å². The molecule has 0 aliphatic heterocycles. The van der Waals surface area contributed by atoms with Gasteiger partial charge in [-0.2, -0.15) is 12.6 Å². The van der Waals surface area contributed by atoms with Crippen LogP contribution in [0.1, 0.15) is 10.4 Å². The average Bonchev–Trinajstić information content (AvgIpc) is 2.15. The van der Waals surface area contributed by atoms with Crippen LogP contribution in [0.15, 0.2) is 24.5 Å². The van der Waals surface area contributed by atoms with Crippen LogP contribution in [0.3, 0.4) is 0 Å². The van der Waals surface area contributed by atoms with Gasteiger partial charge in [-0.1, -0.05) is 0 Å². The van der Waals surface area contributed by atoms with Crippen LogP contribution in [-0.2, 0) is 0 Å². The van der Waals surface area contributed by atoms with E-state index < -0.39 is 0 Å². The van der Waals surface area contributed by atoms with E-state index in [1.54, 1.807) is 18.3 Å². The summed E-state index contributed by atoms with van der Waals surface area (Å²) in [7, 11) is 0. The quantitative estimate of drug-likeness (QED) is 0.677. The Labute approximate surface area is 76.6 Å². The topological polar surface area (TPSA) is 42.0 Å². The predicted octanol–water partition coefficient (Wildman–Crippen LogP) is 0.741. The smallest absolute Gasteiger partial charge is 0.252 e. The van der Waals surface area contributed by atoms with E-state index in [9.17, 15) is 4.79 Å². The van der Waals surface area contributed by atoms with Gasteiger partial charge in [0.2, 0.25) is 0 Å². The second-order valence-electron chi connectivity index (χ2n) is 2.22. The van der Waals surface area contributed by atoms with Crippen LogP contribution in [0.5, 0.6) is 0 Å². The van der Waals surface area contributed by atoms with Gasteiger partial charge in [-0.05, 0) is 12.1 Å². The molecule has 0 spiro atoms. The van der Waals surface area contributed by atoms with E-state index in [4.69, 9.17) is 0 Å².